The highest BCUT2D eigenvalue weighted by molar-refractivity contribution is 5.77. The third-order valence-electron chi connectivity index (χ3n) is 6.10. The van der Waals surface area contributed by atoms with Gasteiger partial charge in [0.15, 0.2) is 0 Å². The van der Waals surface area contributed by atoms with Gasteiger partial charge in [-0.05, 0) is 62.8 Å². The summed E-state index contributed by atoms with van der Waals surface area (Å²) in [4.78, 5) is 16.8. The average Bonchev–Trinajstić information content (AvgIpc) is 2.60. The van der Waals surface area contributed by atoms with Crippen molar-refractivity contribution in [1.29, 1.82) is 0 Å². The van der Waals surface area contributed by atoms with Crippen molar-refractivity contribution in [2.75, 3.05) is 32.8 Å². The van der Waals surface area contributed by atoms with Gasteiger partial charge in [-0.1, -0.05) is 18.2 Å². The van der Waals surface area contributed by atoms with Crippen molar-refractivity contribution in [3.63, 3.8) is 0 Å². The smallest absolute Gasteiger partial charge is 0.222 e. The molecule has 1 aromatic rings. The number of aliphatic hydroxyl groups is 1. The number of hydrogen-bond acceptors (Lipinski definition) is 3. The van der Waals surface area contributed by atoms with Crippen LogP contribution >= 0.6 is 0 Å². The van der Waals surface area contributed by atoms with Crippen molar-refractivity contribution in [2.24, 2.45) is 5.41 Å². The molecule has 2 aliphatic heterocycles. The predicted molar refractivity (Wildman–Crippen MR) is 100 cm³/mol. The lowest BCUT2D eigenvalue weighted by atomic mass is 9.73. The third-order valence-corrected chi connectivity index (χ3v) is 6.10. The van der Waals surface area contributed by atoms with Gasteiger partial charge in [0, 0.05) is 44.6 Å². The summed E-state index contributed by atoms with van der Waals surface area (Å²) in [5.74, 6) is 0.269. The highest BCUT2D eigenvalue weighted by Gasteiger charge is 2.41. The largest absolute Gasteiger partial charge is 0.396 e. The van der Waals surface area contributed by atoms with Crippen molar-refractivity contribution >= 4 is 5.91 Å². The van der Waals surface area contributed by atoms with Gasteiger partial charge >= 0.3 is 0 Å². The van der Waals surface area contributed by atoms with Crippen molar-refractivity contribution in [3.8, 4) is 0 Å². The first-order chi connectivity index (χ1) is 12.0. The van der Waals surface area contributed by atoms with Crippen molar-refractivity contribution in [2.45, 2.75) is 52.5 Å². The summed E-state index contributed by atoms with van der Waals surface area (Å²) in [5, 5.41) is 9.10. The standard InChI is InChI=1S/C21H32N2O2/c1-17-6-3-7-18(2)19(17)14-22-11-4-9-21(15-22)10-8-20(25)23(16-21)12-5-13-24/h3,6-7,24H,4-5,8-16H2,1-2H3/t21-/m1/s1. The Balaban J connectivity index is 1.69. The summed E-state index contributed by atoms with van der Waals surface area (Å²) in [6, 6.07) is 6.55. The van der Waals surface area contributed by atoms with Crippen LogP contribution in [0.25, 0.3) is 0 Å². The normalized spacial score (nSPS) is 24.9. The van der Waals surface area contributed by atoms with Gasteiger partial charge in [-0.25, -0.2) is 0 Å². The van der Waals surface area contributed by atoms with Gasteiger partial charge in [-0.15, -0.1) is 0 Å². The molecular formula is C21H32N2O2. The maximum atomic E-state index is 12.2. The summed E-state index contributed by atoms with van der Waals surface area (Å²) in [5.41, 5.74) is 4.47. The van der Waals surface area contributed by atoms with Gasteiger partial charge in [0.2, 0.25) is 5.91 Å². The van der Waals surface area contributed by atoms with Crippen LogP contribution in [0.4, 0.5) is 0 Å². The first kappa shape index (κ1) is 18.4. The van der Waals surface area contributed by atoms with E-state index in [1.165, 1.54) is 29.5 Å². The second-order valence-electron chi connectivity index (χ2n) is 8.08. The minimum atomic E-state index is 0.162. The number of carbonyl (C=O) groups is 1. The number of likely N-dealkylation sites (tertiary alicyclic amines) is 2. The Hall–Kier alpha value is -1.39. The third kappa shape index (κ3) is 4.24. The van der Waals surface area contributed by atoms with Crippen LogP contribution in [0.3, 0.4) is 0 Å². The molecule has 1 spiro atoms. The molecule has 25 heavy (non-hydrogen) atoms. The predicted octanol–water partition coefficient (Wildman–Crippen LogP) is 2.89. The van der Waals surface area contributed by atoms with Crippen LogP contribution in [-0.2, 0) is 11.3 Å². The van der Waals surface area contributed by atoms with Gasteiger partial charge in [-0.3, -0.25) is 9.69 Å². The van der Waals surface area contributed by atoms with E-state index in [4.69, 9.17) is 5.11 Å². The number of nitrogens with zero attached hydrogens (tertiary/aromatic N) is 2. The second-order valence-corrected chi connectivity index (χ2v) is 8.08. The Labute approximate surface area is 151 Å². The Morgan fingerprint density at radius 1 is 1.16 bits per heavy atom. The van der Waals surface area contributed by atoms with E-state index in [0.717, 1.165) is 32.6 Å². The zero-order valence-corrected chi connectivity index (χ0v) is 15.8. The molecular weight excluding hydrogens is 312 g/mol. The van der Waals surface area contributed by atoms with Gasteiger partial charge in [0.1, 0.15) is 0 Å². The highest BCUT2D eigenvalue weighted by Crippen LogP contribution is 2.39. The number of aliphatic hydroxyl groups excluding tert-OH is 1. The van der Waals surface area contributed by atoms with E-state index in [9.17, 15) is 4.79 Å². The van der Waals surface area contributed by atoms with E-state index < -0.39 is 0 Å². The minimum Gasteiger partial charge on any atom is -0.396 e. The van der Waals surface area contributed by atoms with Crippen LogP contribution < -0.4 is 0 Å². The van der Waals surface area contributed by atoms with Crippen LogP contribution in [0.1, 0.15) is 48.8 Å². The van der Waals surface area contributed by atoms with E-state index in [1.54, 1.807) is 0 Å². The molecule has 2 fully saturated rings. The summed E-state index contributed by atoms with van der Waals surface area (Å²) in [6.07, 6.45) is 4.81. The first-order valence-electron chi connectivity index (χ1n) is 9.69. The summed E-state index contributed by atoms with van der Waals surface area (Å²) in [6.45, 7) is 9.41. The quantitative estimate of drug-likeness (QED) is 0.893. The van der Waals surface area contributed by atoms with E-state index in [2.05, 4.69) is 36.9 Å². The molecule has 0 aromatic heterocycles. The topological polar surface area (TPSA) is 43.8 Å². The first-order valence-corrected chi connectivity index (χ1v) is 9.69. The van der Waals surface area contributed by atoms with Crippen LogP contribution in [0, 0.1) is 19.3 Å². The van der Waals surface area contributed by atoms with E-state index >= 15 is 0 Å². The molecule has 2 aliphatic rings. The monoisotopic (exact) mass is 344 g/mol. The molecule has 1 amide bonds. The van der Waals surface area contributed by atoms with E-state index in [-0.39, 0.29) is 17.9 Å². The van der Waals surface area contributed by atoms with Gasteiger partial charge in [0.25, 0.3) is 0 Å². The maximum absolute atomic E-state index is 12.2. The number of amides is 1. The molecule has 2 saturated heterocycles. The fraction of sp³-hybridized carbons (Fsp3) is 0.667. The lowest BCUT2D eigenvalue weighted by molar-refractivity contribution is -0.139. The molecule has 3 rings (SSSR count). The molecule has 0 bridgehead atoms. The minimum absolute atomic E-state index is 0.162. The van der Waals surface area contributed by atoms with Crippen LogP contribution in [0.5, 0.6) is 0 Å². The maximum Gasteiger partial charge on any atom is 0.222 e. The Morgan fingerprint density at radius 3 is 2.64 bits per heavy atom. The molecule has 0 aliphatic carbocycles. The number of benzene rings is 1. The number of hydrogen-bond donors (Lipinski definition) is 1. The molecule has 138 valence electrons. The fourth-order valence-electron chi connectivity index (χ4n) is 4.67. The van der Waals surface area contributed by atoms with Gasteiger partial charge in [-0.2, -0.15) is 0 Å². The summed E-state index contributed by atoms with van der Waals surface area (Å²) < 4.78 is 0. The Kier molecular flexibility index (Phi) is 5.80. The van der Waals surface area contributed by atoms with Gasteiger partial charge < -0.3 is 10.0 Å². The molecule has 4 heteroatoms. The van der Waals surface area contributed by atoms with Crippen molar-refractivity contribution < 1.29 is 9.90 Å². The zero-order chi connectivity index (χ0) is 17.9. The SMILES string of the molecule is Cc1cccc(C)c1CN1CCC[C@@]2(CCC(=O)N(CCCO)C2)C1. The van der Waals surface area contributed by atoms with Crippen LogP contribution in [-0.4, -0.2) is 53.6 Å². The van der Waals surface area contributed by atoms with Crippen LogP contribution in [0.15, 0.2) is 18.2 Å². The summed E-state index contributed by atoms with van der Waals surface area (Å²) >= 11 is 0. The second kappa shape index (κ2) is 7.88. The molecule has 0 saturated carbocycles. The summed E-state index contributed by atoms with van der Waals surface area (Å²) in [7, 11) is 0. The molecule has 4 nitrogen and oxygen atoms in total. The number of aryl methyl sites for hydroxylation is 2. The molecule has 1 N–H and O–H groups in total. The lowest BCUT2D eigenvalue weighted by Gasteiger charge is -2.48. The average molecular weight is 344 g/mol. The van der Waals surface area contributed by atoms with Crippen LogP contribution in [0.2, 0.25) is 0 Å². The Morgan fingerprint density at radius 2 is 1.92 bits per heavy atom. The molecule has 0 radical (unpaired) electrons. The van der Waals surface area contributed by atoms with Gasteiger partial charge in [0.05, 0.1) is 0 Å². The fourth-order valence-corrected chi connectivity index (χ4v) is 4.67. The van der Waals surface area contributed by atoms with E-state index in [0.29, 0.717) is 19.4 Å². The number of piperidine rings is 2. The van der Waals surface area contributed by atoms with E-state index in [1.807, 2.05) is 4.90 Å². The molecule has 1 aromatic carbocycles. The van der Waals surface area contributed by atoms with Crippen molar-refractivity contribution in [1.82, 2.24) is 9.80 Å². The molecule has 1 atom stereocenters. The number of rotatable bonds is 5. The lowest BCUT2D eigenvalue weighted by Crippen LogP contribution is -2.54. The molecule has 0 unspecified atom stereocenters. The number of carbonyl (C=O) groups excluding carboxylic acids is 1. The van der Waals surface area contributed by atoms with Crippen molar-refractivity contribution in [3.05, 3.63) is 34.9 Å². The Bertz CT molecular complexity index is 596. The highest BCUT2D eigenvalue weighted by atomic mass is 16.3. The zero-order valence-electron chi connectivity index (χ0n) is 15.8. The molecule has 2 heterocycles.